The molecule has 2 aliphatic rings. The molecule has 1 amide bonds. The maximum Gasteiger partial charge on any atom is 0.261 e. The molecule has 1 fully saturated rings. The molecule has 1 saturated heterocycles. The van der Waals surface area contributed by atoms with Gasteiger partial charge in [0.2, 0.25) is 5.88 Å². The quantitative estimate of drug-likeness (QED) is 0.574. The first-order valence-corrected chi connectivity index (χ1v) is 11.0. The average molecular weight is 473 g/mol. The monoisotopic (exact) mass is 473 g/mol. The van der Waals surface area contributed by atoms with Crippen molar-refractivity contribution in [2.75, 3.05) is 49.5 Å². The van der Waals surface area contributed by atoms with Crippen molar-refractivity contribution < 1.29 is 23.4 Å². The highest BCUT2D eigenvalue weighted by Gasteiger charge is 2.32. The fourth-order valence-electron chi connectivity index (χ4n) is 4.31. The summed E-state index contributed by atoms with van der Waals surface area (Å²) in [4.78, 5) is 25.7. The summed E-state index contributed by atoms with van der Waals surface area (Å²) in [5.41, 5.74) is 0.783. The van der Waals surface area contributed by atoms with Gasteiger partial charge in [0.05, 0.1) is 18.4 Å². The Morgan fingerprint density at radius 2 is 2.12 bits per heavy atom. The number of aromatic nitrogens is 4. The number of carbonyl (C=O) groups excluding carboxylic acids is 1. The van der Waals surface area contributed by atoms with E-state index in [4.69, 9.17) is 4.74 Å². The van der Waals surface area contributed by atoms with Crippen molar-refractivity contribution >= 4 is 23.1 Å². The lowest BCUT2D eigenvalue weighted by Gasteiger charge is -2.37. The van der Waals surface area contributed by atoms with E-state index in [1.807, 2.05) is 4.90 Å². The molecule has 0 bridgehead atoms. The van der Waals surface area contributed by atoms with Crippen LogP contribution in [0.2, 0.25) is 0 Å². The number of hydrogen-bond donors (Lipinski definition) is 2. The van der Waals surface area contributed by atoms with Gasteiger partial charge in [-0.15, -0.1) is 0 Å². The van der Waals surface area contributed by atoms with Crippen LogP contribution in [-0.4, -0.2) is 86.9 Å². The molecule has 5 rings (SSSR count). The van der Waals surface area contributed by atoms with E-state index in [0.29, 0.717) is 66.8 Å². The van der Waals surface area contributed by atoms with Gasteiger partial charge in [-0.1, -0.05) is 0 Å². The molecule has 10 nitrogen and oxygen atoms in total. The molecule has 0 aliphatic carbocycles. The number of fused-ring (bicyclic) bond motifs is 2. The molecule has 0 radical (unpaired) electrons. The van der Waals surface area contributed by atoms with E-state index in [2.05, 4.69) is 20.4 Å². The van der Waals surface area contributed by atoms with E-state index in [1.54, 1.807) is 36.4 Å². The lowest BCUT2D eigenvalue weighted by atomic mass is 9.95. The minimum atomic E-state index is -2.39. The molecule has 2 N–H and O–H groups in total. The Morgan fingerprint density at radius 3 is 2.88 bits per heavy atom. The van der Waals surface area contributed by atoms with Gasteiger partial charge in [0, 0.05) is 50.6 Å². The number of ether oxygens (including phenoxy) is 1. The second-order valence-corrected chi connectivity index (χ2v) is 8.87. The molecule has 180 valence electrons. The first-order chi connectivity index (χ1) is 16.3. The molecule has 5 heterocycles. The van der Waals surface area contributed by atoms with Gasteiger partial charge in [-0.3, -0.25) is 9.69 Å². The molecule has 1 atom stereocenters. The third-order valence-electron chi connectivity index (χ3n) is 5.97. The smallest absolute Gasteiger partial charge is 0.261 e. The van der Waals surface area contributed by atoms with Crippen LogP contribution in [-0.2, 0) is 6.42 Å². The Kier molecular flexibility index (Phi) is 5.78. The van der Waals surface area contributed by atoms with Crippen LogP contribution in [0.3, 0.4) is 0 Å². The summed E-state index contributed by atoms with van der Waals surface area (Å²) in [6.07, 6.45) is 2.66. The predicted octanol–water partition coefficient (Wildman–Crippen LogP) is 1.45. The first kappa shape index (κ1) is 22.4. The zero-order valence-electron chi connectivity index (χ0n) is 18.6. The molecule has 34 heavy (non-hydrogen) atoms. The SMILES string of the molecule is CC1(O)COc2nc(N3CCN(CC(F)F)CC3)c(NC(=O)c3cnn4cccnc34)cc2C1. The number of anilines is 2. The number of nitrogens with one attached hydrogen (secondary N) is 1. The van der Waals surface area contributed by atoms with Gasteiger partial charge in [-0.05, 0) is 19.1 Å². The molecular formula is C22H25F2N7O3. The number of alkyl halides is 2. The summed E-state index contributed by atoms with van der Waals surface area (Å²) in [5.74, 6) is 0.485. The standard InChI is InChI=1S/C22H25F2N7O3/c1-22(33)10-14-9-16(27-20(32)15-11-26-31-4-2-3-25-18(15)31)19(28-21(14)34-13-22)30-7-5-29(6-8-30)12-17(23)24/h2-4,9,11,17,33H,5-8,10,12-13H2,1H3,(H,27,32). The molecular weight excluding hydrogens is 448 g/mol. The molecule has 0 spiro atoms. The topological polar surface area (TPSA) is 108 Å². The van der Waals surface area contributed by atoms with Crippen molar-refractivity contribution in [1.82, 2.24) is 24.5 Å². The van der Waals surface area contributed by atoms with Gasteiger partial charge in [0.1, 0.15) is 17.8 Å². The van der Waals surface area contributed by atoms with Gasteiger partial charge >= 0.3 is 0 Å². The van der Waals surface area contributed by atoms with Crippen molar-refractivity contribution in [2.24, 2.45) is 0 Å². The minimum absolute atomic E-state index is 0.106. The molecule has 3 aromatic heterocycles. The number of carbonyl (C=O) groups is 1. The highest BCUT2D eigenvalue weighted by atomic mass is 19.3. The number of piperazine rings is 1. The number of rotatable bonds is 5. The van der Waals surface area contributed by atoms with Crippen molar-refractivity contribution in [3.63, 3.8) is 0 Å². The number of aliphatic hydroxyl groups is 1. The fraction of sp³-hybridized carbons (Fsp3) is 0.455. The highest BCUT2D eigenvalue weighted by Crippen LogP contribution is 2.36. The van der Waals surface area contributed by atoms with Gasteiger partial charge in [-0.25, -0.2) is 18.3 Å². The zero-order valence-corrected chi connectivity index (χ0v) is 18.6. The number of hydrogen-bond acceptors (Lipinski definition) is 8. The van der Waals surface area contributed by atoms with Crippen molar-refractivity contribution in [2.45, 2.75) is 25.4 Å². The number of pyridine rings is 1. The lowest BCUT2D eigenvalue weighted by molar-refractivity contribution is -0.00270. The molecule has 12 heteroatoms. The van der Waals surface area contributed by atoms with Crippen molar-refractivity contribution in [3.8, 4) is 5.88 Å². The summed E-state index contributed by atoms with van der Waals surface area (Å²) >= 11 is 0. The van der Waals surface area contributed by atoms with E-state index in [1.165, 1.54) is 10.7 Å². The third kappa shape index (κ3) is 4.50. The Hall–Kier alpha value is -3.38. The first-order valence-electron chi connectivity index (χ1n) is 11.0. The third-order valence-corrected chi connectivity index (χ3v) is 5.97. The average Bonchev–Trinajstić information content (AvgIpc) is 3.23. The Morgan fingerprint density at radius 1 is 1.32 bits per heavy atom. The van der Waals surface area contributed by atoms with Gasteiger partial charge in [-0.2, -0.15) is 10.1 Å². The zero-order chi connectivity index (χ0) is 23.9. The van der Waals surface area contributed by atoms with Crippen LogP contribution in [0.1, 0.15) is 22.8 Å². The second-order valence-electron chi connectivity index (χ2n) is 8.87. The summed E-state index contributed by atoms with van der Waals surface area (Å²) < 4.78 is 32.8. The Bertz CT molecular complexity index is 1210. The Labute approximate surface area is 194 Å². The minimum Gasteiger partial charge on any atom is -0.474 e. The van der Waals surface area contributed by atoms with Crippen LogP contribution < -0.4 is 15.0 Å². The largest absolute Gasteiger partial charge is 0.474 e. The highest BCUT2D eigenvalue weighted by molar-refractivity contribution is 6.09. The van der Waals surface area contributed by atoms with Crippen LogP contribution >= 0.6 is 0 Å². The van der Waals surface area contributed by atoms with E-state index in [-0.39, 0.29) is 13.2 Å². The Balaban J connectivity index is 1.45. The van der Waals surface area contributed by atoms with Crippen molar-refractivity contribution in [3.05, 3.63) is 41.9 Å². The molecule has 0 saturated carbocycles. The van der Waals surface area contributed by atoms with Crippen LogP contribution in [0.5, 0.6) is 5.88 Å². The molecule has 0 aromatic carbocycles. The number of nitrogens with zero attached hydrogens (tertiary/aromatic N) is 6. The van der Waals surface area contributed by atoms with E-state index >= 15 is 0 Å². The van der Waals surface area contributed by atoms with Gasteiger partial charge in [0.25, 0.3) is 12.3 Å². The van der Waals surface area contributed by atoms with Crippen LogP contribution in [0.4, 0.5) is 20.3 Å². The lowest BCUT2D eigenvalue weighted by Crippen LogP contribution is -2.48. The van der Waals surface area contributed by atoms with E-state index in [9.17, 15) is 18.7 Å². The van der Waals surface area contributed by atoms with Gasteiger partial charge in [0.15, 0.2) is 11.5 Å². The maximum absolute atomic E-state index is 13.2. The summed E-state index contributed by atoms with van der Waals surface area (Å²) in [6.45, 7) is 3.35. The van der Waals surface area contributed by atoms with Gasteiger partial charge < -0.3 is 20.1 Å². The summed E-state index contributed by atoms with van der Waals surface area (Å²) in [6, 6.07) is 3.47. The predicted molar refractivity (Wildman–Crippen MR) is 120 cm³/mol. The van der Waals surface area contributed by atoms with E-state index < -0.39 is 17.9 Å². The summed E-state index contributed by atoms with van der Waals surface area (Å²) in [5, 5.41) is 17.5. The van der Waals surface area contributed by atoms with E-state index in [0.717, 1.165) is 0 Å². The van der Waals surface area contributed by atoms with Crippen molar-refractivity contribution in [1.29, 1.82) is 0 Å². The number of amides is 1. The molecule has 1 unspecified atom stereocenters. The molecule has 2 aliphatic heterocycles. The van der Waals surface area contributed by atoms with Crippen LogP contribution in [0.25, 0.3) is 5.65 Å². The van der Waals surface area contributed by atoms with Crippen LogP contribution in [0, 0.1) is 0 Å². The maximum atomic E-state index is 13.2. The second kappa shape index (κ2) is 8.76. The number of halogens is 2. The fourth-order valence-corrected chi connectivity index (χ4v) is 4.31. The van der Waals surface area contributed by atoms with Crippen LogP contribution in [0.15, 0.2) is 30.7 Å². The normalized spacial score (nSPS) is 20.9. The molecule has 3 aromatic rings. The summed E-state index contributed by atoms with van der Waals surface area (Å²) in [7, 11) is 0.